The van der Waals surface area contributed by atoms with Crippen LogP contribution in [-0.4, -0.2) is 59.4 Å². The Labute approximate surface area is 121 Å². The first-order valence-electron chi connectivity index (χ1n) is 6.88. The van der Waals surface area contributed by atoms with Gasteiger partial charge in [0.15, 0.2) is 0 Å². The van der Waals surface area contributed by atoms with Crippen LogP contribution in [0.4, 0.5) is 10.1 Å². The summed E-state index contributed by atoms with van der Waals surface area (Å²) >= 11 is 0. The second-order valence-corrected chi connectivity index (χ2v) is 5.18. The number of likely N-dealkylation sites (N-methyl/N-ethyl adjacent to an activating group) is 2. The molecule has 0 atom stereocenters. The summed E-state index contributed by atoms with van der Waals surface area (Å²) in [6, 6.07) is 5.41. The summed E-state index contributed by atoms with van der Waals surface area (Å²) in [6.07, 6.45) is 0. The van der Waals surface area contributed by atoms with E-state index < -0.39 is 0 Å². The van der Waals surface area contributed by atoms with E-state index in [1.807, 2.05) is 38.2 Å². The van der Waals surface area contributed by atoms with Gasteiger partial charge in [0.05, 0.1) is 12.3 Å². The van der Waals surface area contributed by atoms with Gasteiger partial charge in [0.25, 0.3) is 0 Å². The molecule has 0 saturated carbocycles. The molecule has 0 aliphatic heterocycles. The molecular weight excluding hydrogens is 257 g/mol. The Morgan fingerprint density at radius 2 is 1.95 bits per heavy atom. The molecule has 0 aliphatic carbocycles. The zero-order valence-electron chi connectivity index (χ0n) is 12.9. The van der Waals surface area contributed by atoms with Gasteiger partial charge in [-0.05, 0) is 31.8 Å². The predicted molar refractivity (Wildman–Crippen MR) is 81.8 cm³/mol. The minimum Gasteiger partial charge on any atom is -0.383 e. The van der Waals surface area contributed by atoms with Gasteiger partial charge in [-0.1, -0.05) is 6.07 Å². The number of methoxy groups -OCH3 is 1. The SMILES string of the molecule is COCCNCc1ccc(N(C)CCN(C)C)c(F)c1. The van der Waals surface area contributed by atoms with Crippen LogP contribution in [0, 0.1) is 5.82 Å². The summed E-state index contributed by atoms with van der Waals surface area (Å²) in [5.74, 6) is -0.169. The minimum atomic E-state index is -0.169. The number of ether oxygens (including phenoxy) is 1. The number of halogens is 1. The van der Waals surface area contributed by atoms with Crippen molar-refractivity contribution >= 4 is 5.69 Å². The minimum absolute atomic E-state index is 0.169. The molecule has 0 aromatic heterocycles. The molecular formula is C15H26FN3O. The number of hydrogen-bond acceptors (Lipinski definition) is 4. The predicted octanol–water partition coefficient (Wildman–Crippen LogP) is 1.56. The summed E-state index contributed by atoms with van der Waals surface area (Å²) in [4.78, 5) is 4.03. The average Bonchev–Trinajstić information content (AvgIpc) is 2.41. The average molecular weight is 283 g/mol. The fourth-order valence-electron chi connectivity index (χ4n) is 1.85. The number of benzene rings is 1. The molecule has 1 N–H and O–H groups in total. The van der Waals surface area contributed by atoms with Gasteiger partial charge in [-0.15, -0.1) is 0 Å². The zero-order valence-corrected chi connectivity index (χ0v) is 12.9. The van der Waals surface area contributed by atoms with Crippen LogP contribution in [0.5, 0.6) is 0 Å². The van der Waals surface area contributed by atoms with E-state index in [4.69, 9.17) is 4.74 Å². The van der Waals surface area contributed by atoms with E-state index in [-0.39, 0.29) is 5.82 Å². The van der Waals surface area contributed by atoms with Crippen molar-refractivity contribution in [2.45, 2.75) is 6.54 Å². The molecule has 0 fully saturated rings. The first-order chi connectivity index (χ1) is 9.54. The van der Waals surface area contributed by atoms with Crippen LogP contribution in [-0.2, 0) is 11.3 Å². The molecule has 1 aromatic carbocycles. The lowest BCUT2D eigenvalue weighted by Crippen LogP contribution is -2.29. The van der Waals surface area contributed by atoms with Gasteiger partial charge in [0, 0.05) is 40.3 Å². The Morgan fingerprint density at radius 1 is 1.20 bits per heavy atom. The Balaban J connectivity index is 2.54. The van der Waals surface area contributed by atoms with Crippen molar-refractivity contribution in [2.75, 3.05) is 59.4 Å². The van der Waals surface area contributed by atoms with E-state index in [2.05, 4.69) is 10.2 Å². The second-order valence-electron chi connectivity index (χ2n) is 5.18. The van der Waals surface area contributed by atoms with E-state index in [0.29, 0.717) is 18.8 Å². The third-order valence-corrected chi connectivity index (χ3v) is 3.12. The van der Waals surface area contributed by atoms with Gasteiger partial charge in [-0.3, -0.25) is 0 Å². The zero-order chi connectivity index (χ0) is 15.0. The van der Waals surface area contributed by atoms with Gasteiger partial charge < -0.3 is 19.9 Å². The number of anilines is 1. The van der Waals surface area contributed by atoms with Gasteiger partial charge in [-0.25, -0.2) is 4.39 Å². The van der Waals surface area contributed by atoms with Gasteiger partial charge >= 0.3 is 0 Å². The quantitative estimate of drug-likeness (QED) is 0.696. The van der Waals surface area contributed by atoms with Crippen molar-refractivity contribution < 1.29 is 9.13 Å². The van der Waals surface area contributed by atoms with Crippen molar-refractivity contribution in [1.82, 2.24) is 10.2 Å². The topological polar surface area (TPSA) is 27.7 Å². The lowest BCUT2D eigenvalue weighted by molar-refractivity contribution is 0.199. The summed E-state index contributed by atoms with van der Waals surface area (Å²) in [6.45, 7) is 3.78. The number of nitrogens with zero attached hydrogens (tertiary/aromatic N) is 2. The monoisotopic (exact) mass is 283 g/mol. The highest BCUT2D eigenvalue weighted by Gasteiger charge is 2.08. The van der Waals surface area contributed by atoms with E-state index in [1.165, 1.54) is 0 Å². The van der Waals surface area contributed by atoms with Crippen LogP contribution in [0.3, 0.4) is 0 Å². The maximum absolute atomic E-state index is 14.1. The first-order valence-corrected chi connectivity index (χ1v) is 6.88. The Hall–Kier alpha value is -1.17. The van der Waals surface area contributed by atoms with Crippen molar-refractivity contribution in [3.63, 3.8) is 0 Å². The smallest absolute Gasteiger partial charge is 0.146 e. The number of nitrogens with one attached hydrogen (secondary N) is 1. The normalized spacial score (nSPS) is 11.1. The number of hydrogen-bond donors (Lipinski definition) is 1. The van der Waals surface area contributed by atoms with E-state index in [9.17, 15) is 4.39 Å². The van der Waals surface area contributed by atoms with Gasteiger partial charge in [0.1, 0.15) is 5.82 Å². The largest absolute Gasteiger partial charge is 0.383 e. The van der Waals surface area contributed by atoms with Gasteiger partial charge in [0.2, 0.25) is 0 Å². The molecule has 0 amide bonds. The fourth-order valence-corrected chi connectivity index (χ4v) is 1.85. The van der Waals surface area contributed by atoms with Crippen LogP contribution in [0.2, 0.25) is 0 Å². The Bertz CT molecular complexity index is 399. The Morgan fingerprint density at radius 3 is 2.55 bits per heavy atom. The highest BCUT2D eigenvalue weighted by molar-refractivity contribution is 5.48. The van der Waals surface area contributed by atoms with Crippen LogP contribution < -0.4 is 10.2 Å². The molecule has 114 valence electrons. The van der Waals surface area contributed by atoms with Crippen molar-refractivity contribution in [3.05, 3.63) is 29.6 Å². The highest BCUT2D eigenvalue weighted by Crippen LogP contribution is 2.19. The molecule has 0 heterocycles. The van der Waals surface area contributed by atoms with Crippen molar-refractivity contribution in [1.29, 1.82) is 0 Å². The van der Waals surface area contributed by atoms with E-state index in [1.54, 1.807) is 13.2 Å². The van der Waals surface area contributed by atoms with Crippen LogP contribution >= 0.6 is 0 Å². The van der Waals surface area contributed by atoms with E-state index >= 15 is 0 Å². The molecule has 20 heavy (non-hydrogen) atoms. The summed E-state index contributed by atoms with van der Waals surface area (Å²) < 4.78 is 19.0. The third kappa shape index (κ3) is 5.86. The van der Waals surface area contributed by atoms with Crippen molar-refractivity contribution in [2.24, 2.45) is 0 Å². The van der Waals surface area contributed by atoms with Gasteiger partial charge in [-0.2, -0.15) is 0 Å². The lowest BCUT2D eigenvalue weighted by atomic mass is 10.2. The van der Waals surface area contributed by atoms with Crippen LogP contribution in [0.25, 0.3) is 0 Å². The maximum atomic E-state index is 14.1. The molecule has 0 radical (unpaired) electrons. The summed E-state index contributed by atoms with van der Waals surface area (Å²) in [7, 11) is 7.61. The lowest BCUT2D eigenvalue weighted by Gasteiger charge is -2.22. The molecule has 1 aromatic rings. The molecule has 0 spiro atoms. The maximum Gasteiger partial charge on any atom is 0.146 e. The second kappa shape index (κ2) is 8.89. The molecule has 0 bridgehead atoms. The van der Waals surface area contributed by atoms with Crippen molar-refractivity contribution in [3.8, 4) is 0 Å². The first kappa shape index (κ1) is 16.9. The molecule has 1 rings (SSSR count). The molecule has 4 nitrogen and oxygen atoms in total. The molecule has 0 saturated heterocycles. The molecule has 0 unspecified atom stereocenters. The van der Waals surface area contributed by atoms with Crippen LogP contribution in [0.1, 0.15) is 5.56 Å². The fraction of sp³-hybridized carbons (Fsp3) is 0.600. The highest BCUT2D eigenvalue weighted by atomic mass is 19.1. The Kier molecular flexibility index (Phi) is 7.51. The number of rotatable bonds is 9. The molecule has 0 aliphatic rings. The van der Waals surface area contributed by atoms with E-state index in [0.717, 1.165) is 25.2 Å². The summed E-state index contributed by atoms with van der Waals surface area (Å²) in [5.41, 5.74) is 1.59. The standard InChI is InChI=1S/C15H26FN3O/c1-18(2)8-9-19(3)15-6-5-13(11-14(15)16)12-17-7-10-20-4/h5-6,11,17H,7-10,12H2,1-4H3. The molecule has 5 heteroatoms. The third-order valence-electron chi connectivity index (χ3n) is 3.12. The van der Waals surface area contributed by atoms with Crippen LogP contribution in [0.15, 0.2) is 18.2 Å². The summed E-state index contributed by atoms with van der Waals surface area (Å²) in [5, 5.41) is 3.21.